The van der Waals surface area contributed by atoms with Gasteiger partial charge in [-0.3, -0.25) is 0 Å². The van der Waals surface area contributed by atoms with Gasteiger partial charge in [-0.05, 0) is 28.4 Å². The molecule has 1 unspecified atom stereocenters. The van der Waals surface area contributed by atoms with Gasteiger partial charge < -0.3 is 10.5 Å². The van der Waals surface area contributed by atoms with E-state index in [2.05, 4.69) is 15.9 Å². The van der Waals surface area contributed by atoms with E-state index in [1.165, 1.54) is 4.31 Å². The van der Waals surface area contributed by atoms with Gasteiger partial charge >= 0.3 is 0 Å². The molecular weight excluding hydrogens is 387 g/mol. The summed E-state index contributed by atoms with van der Waals surface area (Å²) in [5, 5.41) is 0.0498. The number of nitrogen functional groups attached to an aromatic ring is 1. The maximum absolute atomic E-state index is 14.3. The lowest BCUT2D eigenvalue weighted by molar-refractivity contribution is 0.0313. The van der Waals surface area contributed by atoms with Crippen molar-refractivity contribution in [2.75, 3.05) is 25.5 Å². The van der Waals surface area contributed by atoms with Gasteiger partial charge in [0.2, 0.25) is 10.0 Å². The molecule has 2 N–H and O–H groups in total. The first-order valence-electron chi connectivity index (χ1n) is 6.33. The normalized spacial score (nSPS) is 20.7. The molecule has 0 aromatic heterocycles. The number of hydrogen-bond acceptors (Lipinski definition) is 4. The van der Waals surface area contributed by atoms with Crippen molar-refractivity contribution in [3.05, 3.63) is 21.4 Å². The summed E-state index contributed by atoms with van der Waals surface area (Å²) in [4.78, 5) is -0.506. The summed E-state index contributed by atoms with van der Waals surface area (Å²) in [5.74, 6) is -0.993. The van der Waals surface area contributed by atoms with Crippen LogP contribution in [0.25, 0.3) is 0 Å². The van der Waals surface area contributed by atoms with Crippen LogP contribution in [0, 0.1) is 5.82 Å². The number of benzene rings is 1. The summed E-state index contributed by atoms with van der Waals surface area (Å²) < 4.78 is 46.3. The lowest BCUT2D eigenvalue weighted by atomic mass is 10.2. The van der Waals surface area contributed by atoms with Gasteiger partial charge in [0.15, 0.2) is 5.82 Å². The van der Waals surface area contributed by atoms with Crippen LogP contribution in [-0.2, 0) is 14.8 Å². The summed E-state index contributed by atoms with van der Waals surface area (Å²) in [7, 11) is -4.02. The van der Waals surface area contributed by atoms with E-state index in [4.69, 9.17) is 22.1 Å². The molecule has 1 aliphatic heterocycles. The standard InChI is InChI=1S/C12H15BrClFN2O3S/c1-2-7-6-20-4-3-17(7)21(18,19)9-5-8(14)10(13)12(16)11(9)15/h5,7H,2-4,6,16H2,1H3. The Kier molecular flexibility index (Phi) is 5.15. The van der Waals surface area contributed by atoms with Gasteiger partial charge in [-0.15, -0.1) is 0 Å². The third-order valence-corrected chi connectivity index (χ3v) is 6.72. The van der Waals surface area contributed by atoms with Gasteiger partial charge in [0.05, 0.1) is 28.4 Å². The Labute approximate surface area is 136 Å². The maximum atomic E-state index is 14.3. The monoisotopic (exact) mass is 400 g/mol. The van der Waals surface area contributed by atoms with Crippen LogP contribution in [-0.4, -0.2) is 38.5 Å². The van der Waals surface area contributed by atoms with Crippen LogP contribution >= 0.6 is 27.5 Å². The van der Waals surface area contributed by atoms with Gasteiger partial charge in [-0.2, -0.15) is 4.31 Å². The molecule has 9 heteroatoms. The first kappa shape index (κ1) is 17.0. The van der Waals surface area contributed by atoms with E-state index in [0.717, 1.165) is 6.07 Å². The first-order valence-corrected chi connectivity index (χ1v) is 8.94. The Morgan fingerprint density at radius 2 is 2.29 bits per heavy atom. The number of hydrogen-bond donors (Lipinski definition) is 1. The number of rotatable bonds is 3. The predicted molar refractivity (Wildman–Crippen MR) is 82.3 cm³/mol. The van der Waals surface area contributed by atoms with Crippen LogP contribution in [0.2, 0.25) is 5.02 Å². The highest BCUT2D eigenvalue weighted by atomic mass is 79.9. The smallest absolute Gasteiger partial charge is 0.246 e. The van der Waals surface area contributed by atoms with Crippen LogP contribution in [0.15, 0.2) is 15.4 Å². The van der Waals surface area contributed by atoms with Crippen LogP contribution in [0.4, 0.5) is 10.1 Å². The zero-order valence-corrected chi connectivity index (χ0v) is 14.4. The second-order valence-electron chi connectivity index (χ2n) is 4.65. The zero-order chi connectivity index (χ0) is 15.8. The summed E-state index contributed by atoms with van der Waals surface area (Å²) in [6.07, 6.45) is 0.570. The molecule has 0 spiro atoms. The molecule has 0 amide bonds. The Hall–Kier alpha value is -0.410. The van der Waals surface area contributed by atoms with Gasteiger partial charge in [-0.25, -0.2) is 12.8 Å². The van der Waals surface area contributed by atoms with Crippen molar-refractivity contribution < 1.29 is 17.5 Å². The molecule has 1 fully saturated rings. The number of nitrogens with zero attached hydrogens (tertiary/aromatic N) is 1. The molecule has 118 valence electrons. The number of anilines is 1. The van der Waals surface area contributed by atoms with Gasteiger partial charge in [0.1, 0.15) is 4.90 Å². The first-order chi connectivity index (χ1) is 9.80. The average Bonchev–Trinajstić information content (AvgIpc) is 2.48. The number of ether oxygens (including phenoxy) is 1. The highest BCUT2D eigenvalue weighted by Crippen LogP contribution is 2.36. The molecule has 1 saturated heterocycles. The molecule has 5 nitrogen and oxygen atoms in total. The molecule has 1 aromatic rings. The minimum atomic E-state index is -4.02. The fourth-order valence-corrected chi connectivity index (χ4v) is 4.53. The van der Waals surface area contributed by atoms with Crippen LogP contribution < -0.4 is 5.73 Å². The Morgan fingerprint density at radius 1 is 1.62 bits per heavy atom. The van der Waals surface area contributed by atoms with Crippen molar-refractivity contribution >= 4 is 43.2 Å². The molecule has 0 radical (unpaired) electrons. The summed E-state index contributed by atoms with van der Waals surface area (Å²) in [5.41, 5.74) is 5.25. The maximum Gasteiger partial charge on any atom is 0.246 e. The fraction of sp³-hybridized carbons (Fsp3) is 0.500. The lowest BCUT2D eigenvalue weighted by Gasteiger charge is -2.34. The second kappa shape index (κ2) is 6.37. The van der Waals surface area contributed by atoms with E-state index in [-0.39, 0.29) is 41.0 Å². The van der Waals surface area contributed by atoms with Crippen molar-refractivity contribution in [2.45, 2.75) is 24.3 Å². The van der Waals surface area contributed by atoms with Crippen LogP contribution in [0.3, 0.4) is 0 Å². The quantitative estimate of drug-likeness (QED) is 0.624. The molecule has 1 atom stereocenters. The number of halogens is 3. The third-order valence-electron chi connectivity index (χ3n) is 3.39. The van der Waals surface area contributed by atoms with E-state index >= 15 is 0 Å². The van der Waals surface area contributed by atoms with Crippen molar-refractivity contribution in [3.63, 3.8) is 0 Å². The number of morpholine rings is 1. The molecule has 0 bridgehead atoms. The topological polar surface area (TPSA) is 72.6 Å². The Bertz CT molecular complexity index is 656. The average molecular weight is 402 g/mol. The predicted octanol–water partition coefficient (Wildman–Crippen LogP) is 2.62. The van der Waals surface area contributed by atoms with Crippen LogP contribution in [0.1, 0.15) is 13.3 Å². The van der Waals surface area contributed by atoms with E-state index in [9.17, 15) is 12.8 Å². The van der Waals surface area contributed by atoms with Gasteiger partial charge in [-0.1, -0.05) is 18.5 Å². The lowest BCUT2D eigenvalue weighted by Crippen LogP contribution is -2.48. The summed E-state index contributed by atoms with van der Waals surface area (Å²) >= 11 is 8.93. The van der Waals surface area contributed by atoms with E-state index in [1.54, 1.807) is 0 Å². The minimum Gasteiger partial charge on any atom is -0.395 e. The van der Waals surface area contributed by atoms with Crippen molar-refractivity contribution in [2.24, 2.45) is 0 Å². The number of nitrogens with two attached hydrogens (primary N) is 1. The number of sulfonamides is 1. The van der Waals surface area contributed by atoms with Crippen LogP contribution in [0.5, 0.6) is 0 Å². The molecule has 1 heterocycles. The molecule has 0 saturated carbocycles. The highest BCUT2D eigenvalue weighted by molar-refractivity contribution is 9.10. The van der Waals surface area contributed by atoms with Gasteiger partial charge in [0.25, 0.3) is 0 Å². The fourth-order valence-electron chi connectivity index (χ4n) is 2.19. The van der Waals surface area contributed by atoms with Crippen molar-refractivity contribution in [1.82, 2.24) is 4.31 Å². The van der Waals surface area contributed by atoms with Gasteiger partial charge in [0, 0.05) is 12.6 Å². The van der Waals surface area contributed by atoms with E-state index in [1.807, 2.05) is 6.92 Å². The zero-order valence-electron chi connectivity index (χ0n) is 11.3. The molecule has 21 heavy (non-hydrogen) atoms. The van der Waals surface area contributed by atoms with Crippen molar-refractivity contribution in [1.29, 1.82) is 0 Å². The SMILES string of the molecule is CCC1COCCN1S(=O)(=O)c1cc(Cl)c(Br)c(N)c1F. The summed E-state index contributed by atoms with van der Waals surface area (Å²) in [6, 6.07) is 0.751. The molecule has 2 rings (SSSR count). The Balaban J connectivity index is 2.54. The third kappa shape index (κ3) is 3.05. The molecular formula is C12H15BrClFN2O3S. The largest absolute Gasteiger partial charge is 0.395 e. The van der Waals surface area contributed by atoms with Crippen molar-refractivity contribution in [3.8, 4) is 0 Å². The molecule has 1 aromatic carbocycles. The van der Waals surface area contributed by atoms with E-state index in [0.29, 0.717) is 6.42 Å². The minimum absolute atomic E-state index is 0.0498. The second-order valence-corrected chi connectivity index (χ2v) is 7.71. The molecule has 0 aliphatic carbocycles. The summed E-state index contributed by atoms with van der Waals surface area (Å²) in [6.45, 7) is 2.59. The molecule has 1 aliphatic rings. The van der Waals surface area contributed by atoms with E-state index < -0.39 is 20.7 Å². The highest BCUT2D eigenvalue weighted by Gasteiger charge is 2.36. The Morgan fingerprint density at radius 3 is 2.90 bits per heavy atom.